The largest absolute Gasteiger partial charge is 0.496 e. The Balaban J connectivity index is 1.65. The lowest BCUT2D eigenvalue weighted by Gasteiger charge is -2.41. The zero-order chi connectivity index (χ0) is 23.4. The van der Waals surface area contributed by atoms with Crippen molar-refractivity contribution < 1.29 is 32.2 Å². The topological polar surface area (TPSA) is 102 Å². The molecule has 32 heavy (non-hydrogen) atoms. The number of benzene rings is 1. The van der Waals surface area contributed by atoms with Gasteiger partial charge in [0.1, 0.15) is 22.1 Å². The van der Waals surface area contributed by atoms with Crippen LogP contribution in [0.4, 0.5) is 0 Å². The number of ketones is 2. The fourth-order valence-electron chi connectivity index (χ4n) is 4.63. The van der Waals surface area contributed by atoms with Crippen LogP contribution in [0.5, 0.6) is 17.2 Å². The minimum atomic E-state index is -3.25. The van der Waals surface area contributed by atoms with E-state index in [1.165, 1.54) is 36.9 Å². The van der Waals surface area contributed by atoms with E-state index in [4.69, 9.17) is 25.8 Å². The van der Waals surface area contributed by atoms with Crippen LogP contribution in [0.25, 0.3) is 0 Å². The van der Waals surface area contributed by atoms with E-state index in [2.05, 4.69) is 0 Å². The second kappa shape index (κ2) is 7.93. The van der Waals surface area contributed by atoms with Crippen molar-refractivity contribution in [3.05, 3.63) is 28.4 Å². The van der Waals surface area contributed by atoms with Crippen LogP contribution in [0, 0.1) is 5.92 Å². The predicted octanol–water partition coefficient (Wildman–Crippen LogP) is 1.74. The summed E-state index contributed by atoms with van der Waals surface area (Å²) in [6, 6.07) is 1.50. The molecule has 2 heterocycles. The molecule has 0 radical (unpaired) electrons. The van der Waals surface area contributed by atoms with Gasteiger partial charge in [0, 0.05) is 49.9 Å². The molecule has 2 unspecified atom stereocenters. The number of fused-ring (bicyclic) bond motifs is 1. The number of methoxy groups -OCH3 is 2. The van der Waals surface area contributed by atoms with Crippen molar-refractivity contribution in [2.75, 3.05) is 46.7 Å². The van der Waals surface area contributed by atoms with E-state index in [0.29, 0.717) is 32.6 Å². The molecule has 174 valence electrons. The summed E-state index contributed by atoms with van der Waals surface area (Å²) in [5.41, 5.74) is -0.814. The van der Waals surface area contributed by atoms with E-state index in [9.17, 15) is 18.0 Å². The molecule has 4 rings (SSSR count). The summed E-state index contributed by atoms with van der Waals surface area (Å²) < 4.78 is 41.6. The average Bonchev–Trinajstić information content (AvgIpc) is 3.07. The Labute approximate surface area is 191 Å². The summed E-state index contributed by atoms with van der Waals surface area (Å²) >= 11 is 6.40. The fraction of sp³-hybridized carbons (Fsp3) is 0.524. The fourth-order valence-corrected chi connectivity index (χ4v) is 5.72. The first-order valence-corrected chi connectivity index (χ1v) is 12.4. The Morgan fingerprint density at radius 3 is 2.28 bits per heavy atom. The molecule has 1 spiro atoms. The number of allylic oxidation sites excluding steroid dienone is 1. The molecule has 1 saturated heterocycles. The predicted molar refractivity (Wildman–Crippen MR) is 117 cm³/mol. The molecule has 1 fully saturated rings. The Kier molecular flexibility index (Phi) is 5.67. The second-order valence-electron chi connectivity index (χ2n) is 8.22. The first kappa shape index (κ1) is 22.9. The van der Waals surface area contributed by atoms with Crippen LogP contribution in [-0.4, -0.2) is 81.4 Å². The Hall–Kier alpha value is -2.30. The number of piperazine rings is 1. The molecule has 3 aliphatic rings. The van der Waals surface area contributed by atoms with Crippen LogP contribution in [0.2, 0.25) is 5.02 Å². The van der Waals surface area contributed by atoms with Crippen molar-refractivity contribution in [1.29, 1.82) is 0 Å². The Bertz CT molecular complexity index is 1130. The van der Waals surface area contributed by atoms with Crippen molar-refractivity contribution in [1.82, 2.24) is 9.21 Å². The summed E-state index contributed by atoms with van der Waals surface area (Å²) in [6.45, 7) is 3.42. The van der Waals surface area contributed by atoms with Crippen LogP contribution in [0.1, 0.15) is 23.7 Å². The van der Waals surface area contributed by atoms with Gasteiger partial charge in [0.25, 0.3) is 0 Å². The first-order chi connectivity index (χ1) is 15.0. The Morgan fingerprint density at radius 1 is 1.12 bits per heavy atom. The quantitative estimate of drug-likeness (QED) is 0.595. The smallest absolute Gasteiger partial charge is 0.236 e. The van der Waals surface area contributed by atoms with E-state index in [0.717, 1.165) is 5.70 Å². The molecule has 11 heteroatoms. The van der Waals surface area contributed by atoms with Gasteiger partial charge in [-0.15, -0.1) is 0 Å². The monoisotopic (exact) mass is 484 g/mol. The van der Waals surface area contributed by atoms with Gasteiger partial charge in [-0.3, -0.25) is 9.59 Å². The number of nitrogens with zero attached hydrogens (tertiary/aromatic N) is 2. The molecule has 1 aromatic rings. The second-order valence-corrected chi connectivity index (χ2v) is 10.6. The Morgan fingerprint density at radius 2 is 1.75 bits per heavy atom. The highest BCUT2D eigenvalue weighted by molar-refractivity contribution is 7.88. The van der Waals surface area contributed by atoms with E-state index in [1.54, 1.807) is 6.92 Å². The number of rotatable bonds is 4. The maximum absolute atomic E-state index is 13.5. The molecule has 0 amide bonds. The normalized spacial score (nSPS) is 26.1. The third kappa shape index (κ3) is 3.36. The highest BCUT2D eigenvalue weighted by Crippen LogP contribution is 2.53. The minimum Gasteiger partial charge on any atom is -0.496 e. The molecule has 0 N–H and O–H groups in total. The van der Waals surface area contributed by atoms with Gasteiger partial charge in [-0.2, -0.15) is 4.31 Å². The summed E-state index contributed by atoms with van der Waals surface area (Å²) in [5.74, 6) is -0.822. The standard InChI is InChI=1S/C21H25ClN2O7S/c1-12-9-13(23-5-7-24(8-6-23)32(4,27)28)10-16(25)21(12)20(26)17-14(29-2)11-15(30-3)18(22)19(17)31-21/h10-12H,5-9H2,1-4H3. The van der Waals surface area contributed by atoms with Crippen molar-refractivity contribution >= 4 is 33.2 Å². The van der Waals surface area contributed by atoms with E-state index in [1.807, 2.05) is 4.90 Å². The lowest BCUT2D eigenvalue weighted by atomic mass is 9.74. The maximum Gasteiger partial charge on any atom is 0.236 e. The van der Waals surface area contributed by atoms with Crippen LogP contribution < -0.4 is 14.2 Å². The molecular formula is C21H25ClN2O7S. The van der Waals surface area contributed by atoms with Crippen molar-refractivity contribution in [3.8, 4) is 17.2 Å². The summed E-state index contributed by atoms with van der Waals surface area (Å²) in [5, 5.41) is 0.111. The van der Waals surface area contributed by atoms with Gasteiger partial charge in [0.05, 0.1) is 20.5 Å². The summed E-state index contributed by atoms with van der Waals surface area (Å²) in [7, 11) is -0.398. The number of Topliss-reactive ketones (excluding diaryl/α,β-unsaturated/α-hetero) is 1. The summed E-state index contributed by atoms with van der Waals surface area (Å²) in [4.78, 5) is 28.9. The molecule has 0 saturated carbocycles. The van der Waals surface area contributed by atoms with Gasteiger partial charge in [-0.1, -0.05) is 18.5 Å². The zero-order valence-corrected chi connectivity index (χ0v) is 19.9. The zero-order valence-electron chi connectivity index (χ0n) is 18.3. The van der Waals surface area contributed by atoms with Crippen molar-refractivity contribution in [3.63, 3.8) is 0 Å². The van der Waals surface area contributed by atoms with E-state index in [-0.39, 0.29) is 27.8 Å². The van der Waals surface area contributed by atoms with Crippen LogP contribution >= 0.6 is 11.6 Å². The SMILES string of the molecule is COc1cc(OC)c2c(c1Cl)OC1(C(=O)C=C(N3CCN(S(C)(=O)=O)CC3)CC1C)C2=O. The molecule has 1 aliphatic carbocycles. The van der Waals surface area contributed by atoms with Crippen LogP contribution in [0.3, 0.4) is 0 Å². The van der Waals surface area contributed by atoms with Crippen LogP contribution in [-0.2, 0) is 14.8 Å². The average molecular weight is 485 g/mol. The van der Waals surface area contributed by atoms with Crippen molar-refractivity contribution in [2.24, 2.45) is 5.92 Å². The number of carbonyl (C=O) groups excluding carboxylic acids is 2. The molecular weight excluding hydrogens is 460 g/mol. The molecule has 0 aromatic heterocycles. The number of halogens is 1. The maximum atomic E-state index is 13.5. The number of hydrogen-bond acceptors (Lipinski definition) is 8. The minimum absolute atomic E-state index is 0.0895. The third-order valence-electron chi connectivity index (χ3n) is 6.41. The number of ether oxygens (including phenoxy) is 3. The molecule has 1 aromatic carbocycles. The summed E-state index contributed by atoms with van der Waals surface area (Å²) in [6.07, 6.45) is 3.05. The third-order valence-corrected chi connectivity index (χ3v) is 8.07. The van der Waals surface area contributed by atoms with Gasteiger partial charge < -0.3 is 19.1 Å². The highest BCUT2D eigenvalue weighted by atomic mass is 35.5. The van der Waals surface area contributed by atoms with E-state index >= 15 is 0 Å². The van der Waals surface area contributed by atoms with Gasteiger partial charge >= 0.3 is 0 Å². The molecule has 2 atom stereocenters. The van der Waals surface area contributed by atoms with Gasteiger partial charge in [-0.05, 0) is 6.42 Å². The number of hydrogen-bond donors (Lipinski definition) is 0. The van der Waals surface area contributed by atoms with Gasteiger partial charge in [0.15, 0.2) is 5.75 Å². The number of sulfonamides is 1. The highest BCUT2D eigenvalue weighted by Gasteiger charge is 2.60. The molecule has 0 bridgehead atoms. The molecule has 9 nitrogen and oxygen atoms in total. The van der Waals surface area contributed by atoms with Gasteiger partial charge in [-0.25, -0.2) is 8.42 Å². The first-order valence-electron chi connectivity index (χ1n) is 10.2. The van der Waals surface area contributed by atoms with Crippen molar-refractivity contribution in [2.45, 2.75) is 18.9 Å². The molecule has 2 aliphatic heterocycles. The number of carbonyl (C=O) groups is 2. The van der Waals surface area contributed by atoms with Gasteiger partial charge in [0.2, 0.25) is 27.2 Å². The van der Waals surface area contributed by atoms with E-state index < -0.39 is 33.1 Å². The van der Waals surface area contributed by atoms with Crippen LogP contribution in [0.15, 0.2) is 17.8 Å². The lowest BCUT2D eigenvalue weighted by molar-refractivity contribution is -0.129. The lowest BCUT2D eigenvalue weighted by Crippen LogP contribution is -2.56.